The van der Waals surface area contributed by atoms with Gasteiger partial charge in [0.15, 0.2) is 5.78 Å². The van der Waals surface area contributed by atoms with Crippen molar-refractivity contribution in [3.8, 4) is 11.5 Å². The third kappa shape index (κ3) is 3.46. The number of Topliss-reactive ketones (excluding diaryl/α,β-unsaturated/α-hetero) is 1. The first-order valence-corrected chi connectivity index (χ1v) is 6.37. The van der Waals surface area contributed by atoms with Gasteiger partial charge >= 0.3 is 0 Å². The Balaban J connectivity index is 2.94. The van der Waals surface area contributed by atoms with E-state index >= 15 is 0 Å². The van der Waals surface area contributed by atoms with E-state index in [1.165, 1.54) is 7.11 Å². The molecule has 0 aromatic heterocycles. The van der Waals surface area contributed by atoms with Gasteiger partial charge in [-0.1, -0.05) is 0 Å². The molecule has 0 atom stereocenters. The molecule has 4 nitrogen and oxygen atoms in total. The van der Waals surface area contributed by atoms with Gasteiger partial charge in [-0.25, -0.2) is 0 Å². The number of carbonyl (C=O) groups excluding carboxylic acids is 1. The van der Waals surface area contributed by atoms with Gasteiger partial charge < -0.3 is 14.2 Å². The van der Waals surface area contributed by atoms with Crippen molar-refractivity contribution in [3.63, 3.8) is 0 Å². The molecule has 1 aromatic rings. The Morgan fingerprint density at radius 1 is 1.22 bits per heavy atom. The average Bonchev–Trinajstić information content (AvgIpc) is 2.38. The van der Waals surface area contributed by atoms with Crippen molar-refractivity contribution in [2.24, 2.45) is 0 Å². The van der Waals surface area contributed by atoms with Crippen LogP contribution in [-0.2, 0) is 4.74 Å². The van der Waals surface area contributed by atoms with E-state index in [4.69, 9.17) is 14.2 Å². The topological polar surface area (TPSA) is 44.8 Å². The fraction of sp³-hybridized carbons (Fsp3) is 0.462. The molecule has 0 saturated carbocycles. The second kappa shape index (κ2) is 7.38. The summed E-state index contributed by atoms with van der Waals surface area (Å²) in [4.78, 5) is 12.1. The zero-order valence-corrected chi connectivity index (χ0v) is 12.4. The molecule has 100 valence electrons. The Morgan fingerprint density at radius 2 is 1.94 bits per heavy atom. The van der Waals surface area contributed by atoms with Crippen LogP contribution < -0.4 is 9.47 Å². The first-order chi connectivity index (χ1) is 8.65. The van der Waals surface area contributed by atoms with Crippen molar-refractivity contribution in [2.45, 2.75) is 12.8 Å². The molecular formula is C13H17BrO4. The van der Waals surface area contributed by atoms with E-state index < -0.39 is 0 Å². The summed E-state index contributed by atoms with van der Waals surface area (Å²) in [7, 11) is 4.72. The molecule has 0 fully saturated rings. The third-order valence-corrected chi connectivity index (χ3v) is 3.29. The number of halogens is 1. The molecule has 0 bridgehead atoms. The average molecular weight is 317 g/mol. The van der Waals surface area contributed by atoms with Crippen LogP contribution in [-0.4, -0.2) is 33.7 Å². The highest BCUT2D eigenvalue weighted by Gasteiger charge is 2.17. The van der Waals surface area contributed by atoms with Gasteiger partial charge in [-0.3, -0.25) is 4.79 Å². The van der Waals surface area contributed by atoms with Crippen molar-refractivity contribution in [2.75, 3.05) is 27.9 Å². The minimum atomic E-state index is 0.0345. The lowest BCUT2D eigenvalue weighted by atomic mass is 10.1. The monoisotopic (exact) mass is 316 g/mol. The lowest BCUT2D eigenvalue weighted by Crippen LogP contribution is -2.05. The normalized spacial score (nSPS) is 10.2. The molecule has 0 saturated heterocycles. The summed E-state index contributed by atoms with van der Waals surface area (Å²) in [5.41, 5.74) is 0.557. The van der Waals surface area contributed by atoms with Crippen LogP contribution in [0.5, 0.6) is 11.5 Å². The highest BCUT2D eigenvalue weighted by molar-refractivity contribution is 9.10. The lowest BCUT2D eigenvalue weighted by Gasteiger charge is -2.12. The van der Waals surface area contributed by atoms with Crippen LogP contribution in [0, 0.1) is 0 Å². The SMILES string of the molecule is COCCCC(=O)c1ccc(OC)c(Br)c1OC. The van der Waals surface area contributed by atoms with Crippen LogP contribution in [0.25, 0.3) is 0 Å². The van der Waals surface area contributed by atoms with E-state index in [1.54, 1.807) is 26.4 Å². The van der Waals surface area contributed by atoms with E-state index in [-0.39, 0.29) is 5.78 Å². The molecule has 1 aromatic carbocycles. The van der Waals surface area contributed by atoms with Crippen molar-refractivity contribution in [3.05, 3.63) is 22.2 Å². The predicted molar refractivity (Wildman–Crippen MR) is 72.7 cm³/mol. The summed E-state index contributed by atoms with van der Waals surface area (Å²) in [6.45, 7) is 0.575. The van der Waals surface area contributed by atoms with Gasteiger partial charge in [0.05, 0.1) is 19.8 Å². The Labute approximate surface area is 115 Å². The number of rotatable bonds is 7. The number of ether oxygens (including phenoxy) is 3. The summed E-state index contributed by atoms with van der Waals surface area (Å²) >= 11 is 3.38. The highest BCUT2D eigenvalue weighted by Crippen LogP contribution is 2.37. The van der Waals surface area contributed by atoms with Crippen molar-refractivity contribution in [1.82, 2.24) is 0 Å². The van der Waals surface area contributed by atoms with Crippen molar-refractivity contribution < 1.29 is 19.0 Å². The van der Waals surface area contributed by atoms with Gasteiger partial charge in [0, 0.05) is 20.1 Å². The van der Waals surface area contributed by atoms with Gasteiger partial charge in [-0.2, -0.15) is 0 Å². The van der Waals surface area contributed by atoms with Gasteiger partial charge in [0.2, 0.25) is 0 Å². The van der Waals surface area contributed by atoms with Crippen LogP contribution in [0.1, 0.15) is 23.2 Å². The van der Waals surface area contributed by atoms with Crippen LogP contribution in [0.2, 0.25) is 0 Å². The Bertz CT molecular complexity index is 418. The third-order valence-electron chi connectivity index (χ3n) is 2.54. The summed E-state index contributed by atoms with van der Waals surface area (Å²) < 4.78 is 16.0. The fourth-order valence-electron chi connectivity index (χ4n) is 1.63. The van der Waals surface area contributed by atoms with Gasteiger partial charge in [-0.05, 0) is 34.5 Å². The lowest BCUT2D eigenvalue weighted by molar-refractivity contribution is 0.0960. The Morgan fingerprint density at radius 3 is 2.50 bits per heavy atom. The Kier molecular flexibility index (Phi) is 6.15. The molecule has 0 heterocycles. The maximum atomic E-state index is 12.1. The number of benzene rings is 1. The number of ketones is 1. The molecule has 0 N–H and O–H groups in total. The van der Waals surface area contributed by atoms with E-state index in [9.17, 15) is 4.79 Å². The molecule has 0 spiro atoms. The van der Waals surface area contributed by atoms with E-state index in [2.05, 4.69) is 15.9 Å². The zero-order valence-electron chi connectivity index (χ0n) is 10.8. The summed E-state index contributed by atoms with van der Waals surface area (Å²) in [5.74, 6) is 1.18. The quantitative estimate of drug-likeness (QED) is 0.573. The number of methoxy groups -OCH3 is 3. The minimum absolute atomic E-state index is 0.0345. The molecule has 0 aliphatic rings. The van der Waals surface area contributed by atoms with Gasteiger partial charge in [-0.15, -0.1) is 0 Å². The smallest absolute Gasteiger partial charge is 0.166 e. The molecule has 5 heteroatoms. The van der Waals surface area contributed by atoms with Crippen LogP contribution in [0.15, 0.2) is 16.6 Å². The zero-order chi connectivity index (χ0) is 13.5. The van der Waals surface area contributed by atoms with Crippen molar-refractivity contribution >= 4 is 21.7 Å². The number of hydrogen-bond donors (Lipinski definition) is 0. The Hall–Kier alpha value is -1.07. The van der Waals surface area contributed by atoms with E-state index in [0.29, 0.717) is 41.0 Å². The maximum absolute atomic E-state index is 12.1. The second-order valence-electron chi connectivity index (χ2n) is 3.68. The highest BCUT2D eigenvalue weighted by atomic mass is 79.9. The summed E-state index contributed by atoms with van der Waals surface area (Å²) in [5, 5.41) is 0. The summed E-state index contributed by atoms with van der Waals surface area (Å²) in [6, 6.07) is 3.47. The predicted octanol–water partition coefficient (Wildman–Crippen LogP) is 3.08. The molecule has 0 aliphatic heterocycles. The van der Waals surface area contributed by atoms with Crippen LogP contribution in [0.4, 0.5) is 0 Å². The van der Waals surface area contributed by atoms with Gasteiger partial charge in [0.1, 0.15) is 16.0 Å². The first kappa shape index (κ1) is 15.0. The van der Waals surface area contributed by atoms with E-state index in [1.807, 2.05) is 0 Å². The molecule has 0 unspecified atom stereocenters. The molecule has 1 rings (SSSR count). The standard InChI is InChI=1S/C13H17BrO4/c1-16-8-4-5-10(15)9-6-7-11(17-2)12(14)13(9)18-3/h6-7H,4-5,8H2,1-3H3. The first-order valence-electron chi connectivity index (χ1n) is 5.58. The molecular weight excluding hydrogens is 300 g/mol. The fourth-order valence-corrected chi connectivity index (χ4v) is 2.30. The van der Waals surface area contributed by atoms with Crippen molar-refractivity contribution in [1.29, 1.82) is 0 Å². The molecule has 0 radical (unpaired) electrons. The number of hydrogen-bond acceptors (Lipinski definition) is 4. The molecule has 18 heavy (non-hydrogen) atoms. The van der Waals surface area contributed by atoms with Crippen LogP contribution >= 0.6 is 15.9 Å². The largest absolute Gasteiger partial charge is 0.495 e. The number of carbonyl (C=O) groups is 1. The molecule has 0 amide bonds. The molecule has 0 aliphatic carbocycles. The van der Waals surface area contributed by atoms with E-state index in [0.717, 1.165) is 0 Å². The maximum Gasteiger partial charge on any atom is 0.166 e. The minimum Gasteiger partial charge on any atom is -0.495 e. The summed E-state index contributed by atoms with van der Waals surface area (Å²) in [6.07, 6.45) is 1.13. The second-order valence-corrected chi connectivity index (χ2v) is 4.48. The van der Waals surface area contributed by atoms with Crippen LogP contribution in [0.3, 0.4) is 0 Å². The van der Waals surface area contributed by atoms with Gasteiger partial charge in [0.25, 0.3) is 0 Å².